The molecule has 2 aromatic rings. The highest BCUT2D eigenvalue weighted by Crippen LogP contribution is 2.23. The van der Waals surface area contributed by atoms with Crippen molar-refractivity contribution in [1.29, 1.82) is 0 Å². The summed E-state index contributed by atoms with van der Waals surface area (Å²) in [6.07, 6.45) is 4.37. The summed E-state index contributed by atoms with van der Waals surface area (Å²) in [5.41, 5.74) is 2.27. The lowest BCUT2D eigenvalue weighted by Gasteiger charge is -2.32. The largest absolute Gasteiger partial charge is 0.497 e. The summed E-state index contributed by atoms with van der Waals surface area (Å²) in [5.74, 6) is 3.45. The predicted molar refractivity (Wildman–Crippen MR) is 115 cm³/mol. The molecule has 1 fully saturated rings. The molecule has 0 saturated carbocycles. The minimum atomic E-state index is 0.257. The number of hydrogen-bond donors (Lipinski definition) is 0. The zero-order valence-electron chi connectivity index (χ0n) is 18.0. The van der Waals surface area contributed by atoms with Gasteiger partial charge in [0.05, 0.1) is 7.11 Å². The summed E-state index contributed by atoms with van der Waals surface area (Å²) in [4.78, 5) is 25.7. The first kappa shape index (κ1) is 21.1. The van der Waals surface area contributed by atoms with Crippen molar-refractivity contribution in [2.45, 2.75) is 39.0 Å². The Hall–Kier alpha value is -2.63. The van der Waals surface area contributed by atoms with Crippen molar-refractivity contribution in [3.63, 3.8) is 0 Å². The van der Waals surface area contributed by atoms with Crippen LogP contribution >= 0.6 is 0 Å². The number of nitrogens with zero attached hydrogens (tertiary/aromatic N) is 4. The van der Waals surface area contributed by atoms with E-state index >= 15 is 0 Å². The molecule has 0 N–H and O–H groups in total. The molecule has 6 nitrogen and oxygen atoms in total. The topological polar surface area (TPSA) is 58.6 Å². The smallest absolute Gasteiger partial charge is 0.222 e. The number of amides is 1. The molecule has 1 amide bonds. The lowest BCUT2D eigenvalue weighted by molar-refractivity contribution is -0.132. The second-order valence-corrected chi connectivity index (χ2v) is 8.04. The van der Waals surface area contributed by atoms with E-state index in [9.17, 15) is 4.79 Å². The number of carbonyl (C=O) groups excluding carboxylic acids is 1. The Morgan fingerprint density at radius 3 is 2.48 bits per heavy atom. The van der Waals surface area contributed by atoms with Crippen LogP contribution in [0.1, 0.15) is 36.3 Å². The Balaban J connectivity index is 1.46. The Labute approximate surface area is 173 Å². The summed E-state index contributed by atoms with van der Waals surface area (Å²) in [6.45, 7) is 3.63. The van der Waals surface area contributed by atoms with Crippen LogP contribution in [0.25, 0.3) is 0 Å². The van der Waals surface area contributed by atoms with Crippen molar-refractivity contribution in [3.8, 4) is 5.75 Å². The highest BCUT2D eigenvalue weighted by atomic mass is 16.5. The molecular weight excluding hydrogens is 364 g/mol. The maximum Gasteiger partial charge on any atom is 0.222 e. The van der Waals surface area contributed by atoms with Crippen molar-refractivity contribution < 1.29 is 9.53 Å². The van der Waals surface area contributed by atoms with Gasteiger partial charge in [-0.2, -0.15) is 0 Å². The molecule has 0 aliphatic carbocycles. The molecule has 1 aliphatic heterocycles. The first-order valence-electron chi connectivity index (χ1n) is 10.4. The van der Waals surface area contributed by atoms with Gasteiger partial charge in [0.1, 0.15) is 17.4 Å². The highest BCUT2D eigenvalue weighted by Gasteiger charge is 2.23. The predicted octanol–water partition coefficient (Wildman–Crippen LogP) is 3.27. The summed E-state index contributed by atoms with van der Waals surface area (Å²) in [6, 6.07) is 10.0. The zero-order chi connectivity index (χ0) is 20.8. The second-order valence-electron chi connectivity index (χ2n) is 8.04. The molecule has 0 radical (unpaired) electrons. The van der Waals surface area contributed by atoms with Gasteiger partial charge < -0.3 is 14.5 Å². The van der Waals surface area contributed by atoms with Gasteiger partial charge in [-0.1, -0.05) is 12.1 Å². The number of anilines is 1. The third kappa shape index (κ3) is 5.92. The van der Waals surface area contributed by atoms with E-state index in [-0.39, 0.29) is 5.91 Å². The van der Waals surface area contributed by atoms with Gasteiger partial charge >= 0.3 is 0 Å². The van der Waals surface area contributed by atoms with Gasteiger partial charge in [0.15, 0.2) is 0 Å². The number of hydrogen-bond acceptors (Lipinski definition) is 5. The second kappa shape index (κ2) is 9.72. The number of piperidine rings is 1. The van der Waals surface area contributed by atoms with Crippen molar-refractivity contribution >= 4 is 11.7 Å². The summed E-state index contributed by atoms with van der Waals surface area (Å²) in [5, 5.41) is 0. The number of aryl methyl sites for hydroxylation is 2. The Kier molecular flexibility index (Phi) is 7.07. The minimum Gasteiger partial charge on any atom is -0.497 e. The van der Waals surface area contributed by atoms with Crippen LogP contribution in [0.3, 0.4) is 0 Å². The maximum atomic E-state index is 12.6. The average Bonchev–Trinajstić information content (AvgIpc) is 2.72. The molecule has 0 spiro atoms. The van der Waals surface area contributed by atoms with Gasteiger partial charge in [0, 0.05) is 45.4 Å². The molecule has 1 aliphatic rings. The van der Waals surface area contributed by atoms with Gasteiger partial charge in [0.2, 0.25) is 5.91 Å². The summed E-state index contributed by atoms with van der Waals surface area (Å²) in [7, 11) is 5.67. The number of carbonyl (C=O) groups is 1. The van der Waals surface area contributed by atoms with Crippen molar-refractivity contribution in [3.05, 3.63) is 47.4 Å². The van der Waals surface area contributed by atoms with Gasteiger partial charge in [0.25, 0.3) is 0 Å². The van der Waals surface area contributed by atoms with E-state index in [1.54, 1.807) is 7.11 Å². The first-order valence-corrected chi connectivity index (χ1v) is 10.4. The van der Waals surface area contributed by atoms with Gasteiger partial charge in [-0.3, -0.25) is 4.79 Å². The van der Waals surface area contributed by atoms with Crippen molar-refractivity contribution in [2.24, 2.45) is 5.92 Å². The molecule has 29 heavy (non-hydrogen) atoms. The SMILES string of the molecule is COc1ccc(CCC(=O)N2CCC(Cc3cc(N(C)C)nc(C)n3)CC2)cc1. The number of likely N-dealkylation sites (tertiary alicyclic amines) is 1. The molecule has 6 heteroatoms. The Morgan fingerprint density at radius 1 is 1.17 bits per heavy atom. The number of ether oxygens (including phenoxy) is 1. The molecule has 3 rings (SSSR count). The molecule has 0 unspecified atom stereocenters. The van der Waals surface area contributed by atoms with Crippen LogP contribution in [0, 0.1) is 12.8 Å². The molecule has 1 aromatic carbocycles. The number of benzene rings is 1. The van der Waals surface area contributed by atoms with Crippen molar-refractivity contribution in [2.75, 3.05) is 39.2 Å². The lowest BCUT2D eigenvalue weighted by atomic mass is 9.91. The van der Waals surface area contributed by atoms with E-state index in [0.29, 0.717) is 12.3 Å². The van der Waals surface area contributed by atoms with E-state index in [0.717, 1.165) is 61.9 Å². The average molecular weight is 397 g/mol. The van der Waals surface area contributed by atoms with Crippen LogP contribution in [-0.4, -0.2) is 55.1 Å². The third-order valence-electron chi connectivity index (χ3n) is 5.59. The van der Waals surface area contributed by atoms with Gasteiger partial charge in [-0.05, 0) is 56.2 Å². The monoisotopic (exact) mass is 396 g/mol. The van der Waals surface area contributed by atoms with E-state index in [4.69, 9.17) is 4.74 Å². The Bertz CT molecular complexity index is 812. The molecule has 1 saturated heterocycles. The van der Waals surface area contributed by atoms with Crippen LogP contribution in [0.4, 0.5) is 5.82 Å². The standard InChI is InChI=1S/C23H32N4O2/c1-17-24-20(16-22(25-17)26(2)3)15-19-11-13-27(14-12-19)23(28)10-7-18-5-8-21(29-4)9-6-18/h5-6,8-9,16,19H,7,10-15H2,1-4H3. The van der Waals surface area contributed by atoms with Gasteiger partial charge in [-0.15, -0.1) is 0 Å². The summed E-state index contributed by atoms with van der Waals surface area (Å²) < 4.78 is 5.18. The van der Waals surface area contributed by atoms with Crippen LogP contribution < -0.4 is 9.64 Å². The van der Waals surface area contributed by atoms with E-state index in [1.807, 2.05) is 55.1 Å². The number of aromatic nitrogens is 2. The van der Waals surface area contributed by atoms with Crippen LogP contribution in [-0.2, 0) is 17.6 Å². The highest BCUT2D eigenvalue weighted by molar-refractivity contribution is 5.76. The van der Waals surface area contributed by atoms with E-state index in [2.05, 4.69) is 16.0 Å². The van der Waals surface area contributed by atoms with E-state index < -0.39 is 0 Å². The fraction of sp³-hybridized carbons (Fsp3) is 0.522. The van der Waals surface area contributed by atoms with Gasteiger partial charge in [-0.25, -0.2) is 9.97 Å². The van der Waals surface area contributed by atoms with Crippen LogP contribution in [0.2, 0.25) is 0 Å². The lowest BCUT2D eigenvalue weighted by Crippen LogP contribution is -2.39. The van der Waals surface area contributed by atoms with E-state index in [1.165, 1.54) is 5.56 Å². The van der Waals surface area contributed by atoms with Crippen molar-refractivity contribution in [1.82, 2.24) is 14.9 Å². The molecule has 0 atom stereocenters. The number of rotatable bonds is 7. The maximum absolute atomic E-state index is 12.6. The van der Waals surface area contributed by atoms with Crippen LogP contribution in [0.5, 0.6) is 5.75 Å². The molecule has 2 heterocycles. The normalized spacial score (nSPS) is 14.7. The van der Waals surface area contributed by atoms with Crippen LogP contribution in [0.15, 0.2) is 30.3 Å². The third-order valence-corrected chi connectivity index (χ3v) is 5.59. The first-order chi connectivity index (χ1) is 13.9. The molecule has 0 bridgehead atoms. The minimum absolute atomic E-state index is 0.257. The molecule has 156 valence electrons. The zero-order valence-corrected chi connectivity index (χ0v) is 18.0. The Morgan fingerprint density at radius 2 is 1.86 bits per heavy atom. The number of methoxy groups -OCH3 is 1. The fourth-order valence-corrected chi connectivity index (χ4v) is 3.83. The quantitative estimate of drug-likeness (QED) is 0.719. The fourth-order valence-electron chi connectivity index (χ4n) is 3.83. The molecular formula is C23H32N4O2. The summed E-state index contributed by atoms with van der Waals surface area (Å²) >= 11 is 0. The molecule has 1 aromatic heterocycles.